The van der Waals surface area contributed by atoms with Crippen molar-refractivity contribution in [2.24, 2.45) is 0 Å². The molecular formula is C10H20N2O3S. The van der Waals surface area contributed by atoms with Gasteiger partial charge < -0.3 is 5.32 Å². The van der Waals surface area contributed by atoms with Gasteiger partial charge in [-0.1, -0.05) is 19.3 Å². The Morgan fingerprint density at radius 3 is 2.25 bits per heavy atom. The van der Waals surface area contributed by atoms with Crippen molar-refractivity contribution < 1.29 is 13.2 Å². The average Bonchev–Trinajstić information content (AvgIpc) is 2.16. The third kappa shape index (κ3) is 4.09. The summed E-state index contributed by atoms with van der Waals surface area (Å²) in [5.74, 6) is -0.418. The van der Waals surface area contributed by atoms with Crippen molar-refractivity contribution in [2.45, 2.75) is 44.1 Å². The molecule has 1 aliphatic carbocycles. The molecule has 0 aliphatic heterocycles. The third-order valence-corrected chi connectivity index (χ3v) is 3.74. The molecule has 0 aromatic heterocycles. The second-order valence-electron chi connectivity index (χ2n) is 4.57. The summed E-state index contributed by atoms with van der Waals surface area (Å²) in [4.78, 5) is 11.6. The minimum absolute atomic E-state index is 0.215. The van der Waals surface area contributed by atoms with Crippen molar-refractivity contribution in [3.63, 3.8) is 0 Å². The zero-order valence-electron chi connectivity index (χ0n) is 9.88. The Hall–Kier alpha value is -0.620. The van der Waals surface area contributed by atoms with Crippen molar-refractivity contribution in [1.29, 1.82) is 0 Å². The molecule has 0 radical (unpaired) electrons. The molecule has 5 nitrogen and oxygen atoms in total. The first-order valence-electron chi connectivity index (χ1n) is 5.56. The zero-order chi connectivity index (χ0) is 12.2. The summed E-state index contributed by atoms with van der Waals surface area (Å²) in [6.45, 7) is 0. The molecule has 1 saturated carbocycles. The smallest absolute Gasteiger partial charge is 0.235 e. The highest BCUT2D eigenvalue weighted by atomic mass is 32.2. The minimum Gasteiger partial charge on any atom is -0.314 e. The second-order valence-corrected chi connectivity index (χ2v) is 6.31. The minimum atomic E-state index is -3.44. The van der Waals surface area contributed by atoms with Crippen LogP contribution in [0.1, 0.15) is 38.5 Å². The van der Waals surface area contributed by atoms with Crippen molar-refractivity contribution in [3.8, 4) is 0 Å². The molecule has 0 aromatic carbocycles. The van der Waals surface area contributed by atoms with Crippen molar-refractivity contribution >= 4 is 15.9 Å². The van der Waals surface area contributed by atoms with Crippen LogP contribution in [0.25, 0.3) is 0 Å². The largest absolute Gasteiger partial charge is 0.314 e. The normalized spacial score (nSPS) is 20.4. The van der Waals surface area contributed by atoms with Gasteiger partial charge in [0, 0.05) is 12.0 Å². The number of carbonyl (C=O) groups excluding carboxylic acids is 1. The van der Waals surface area contributed by atoms with E-state index in [1.165, 1.54) is 6.42 Å². The van der Waals surface area contributed by atoms with Gasteiger partial charge in [-0.05, 0) is 19.9 Å². The Labute approximate surface area is 97.0 Å². The Kier molecular flexibility index (Phi) is 4.32. The van der Waals surface area contributed by atoms with E-state index in [0.717, 1.165) is 31.9 Å². The Morgan fingerprint density at radius 1 is 1.25 bits per heavy atom. The van der Waals surface area contributed by atoms with Crippen LogP contribution in [0.3, 0.4) is 0 Å². The van der Waals surface area contributed by atoms with Gasteiger partial charge in [-0.3, -0.25) is 9.52 Å². The maximum Gasteiger partial charge on any atom is 0.235 e. The monoisotopic (exact) mass is 248 g/mol. The van der Waals surface area contributed by atoms with Gasteiger partial charge in [0.05, 0.1) is 6.26 Å². The van der Waals surface area contributed by atoms with Crippen LogP contribution in [0.15, 0.2) is 0 Å². The lowest BCUT2D eigenvalue weighted by molar-refractivity contribution is -0.121. The molecule has 6 heteroatoms. The molecule has 16 heavy (non-hydrogen) atoms. The molecule has 1 rings (SSSR count). The van der Waals surface area contributed by atoms with E-state index >= 15 is 0 Å². The molecule has 2 N–H and O–H groups in total. The van der Waals surface area contributed by atoms with Crippen LogP contribution in [0.5, 0.6) is 0 Å². The topological polar surface area (TPSA) is 75.3 Å². The van der Waals surface area contributed by atoms with Crippen LogP contribution in [-0.2, 0) is 14.8 Å². The second kappa shape index (κ2) is 5.14. The van der Waals surface area contributed by atoms with Crippen LogP contribution in [0.2, 0.25) is 0 Å². The highest BCUT2D eigenvalue weighted by Crippen LogP contribution is 2.30. The Morgan fingerprint density at radius 2 is 1.81 bits per heavy atom. The van der Waals surface area contributed by atoms with E-state index in [0.29, 0.717) is 0 Å². The molecule has 0 unspecified atom stereocenters. The van der Waals surface area contributed by atoms with E-state index in [2.05, 4.69) is 5.32 Å². The van der Waals surface area contributed by atoms with E-state index < -0.39 is 15.9 Å². The fourth-order valence-electron chi connectivity index (χ4n) is 2.29. The number of sulfonamides is 1. The molecule has 1 amide bonds. The quantitative estimate of drug-likeness (QED) is 0.754. The van der Waals surface area contributed by atoms with Crippen molar-refractivity contribution in [2.75, 3.05) is 13.3 Å². The molecule has 1 aliphatic rings. The zero-order valence-corrected chi connectivity index (χ0v) is 10.7. The molecule has 1 fully saturated rings. The van der Waals surface area contributed by atoms with Crippen LogP contribution >= 0.6 is 0 Å². The van der Waals surface area contributed by atoms with Gasteiger partial charge in [0.2, 0.25) is 15.9 Å². The average molecular weight is 248 g/mol. The molecule has 94 valence electrons. The molecule has 0 aromatic rings. The maximum absolute atomic E-state index is 11.6. The molecular weight excluding hydrogens is 228 g/mol. The van der Waals surface area contributed by atoms with Crippen LogP contribution in [0.4, 0.5) is 0 Å². The van der Waals surface area contributed by atoms with E-state index in [-0.39, 0.29) is 12.0 Å². The first kappa shape index (κ1) is 13.4. The van der Waals surface area contributed by atoms with Crippen LogP contribution in [0, 0.1) is 0 Å². The van der Waals surface area contributed by atoms with Gasteiger partial charge in [-0.25, -0.2) is 8.42 Å². The first-order chi connectivity index (χ1) is 7.37. The van der Waals surface area contributed by atoms with Crippen molar-refractivity contribution in [3.05, 3.63) is 0 Å². The standard InChI is InChI=1S/C10H20N2O3S/c1-11-10(6-4-3-5-7-10)8-9(13)12-16(2,14)15/h11H,3-8H2,1-2H3,(H,12,13). The highest BCUT2D eigenvalue weighted by molar-refractivity contribution is 7.89. The summed E-state index contributed by atoms with van der Waals surface area (Å²) in [5.41, 5.74) is -0.215. The van der Waals surface area contributed by atoms with Crippen molar-refractivity contribution in [1.82, 2.24) is 10.0 Å². The number of rotatable bonds is 4. The van der Waals surface area contributed by atoms with Gasteiger partial charge in [0.1, 0.15) is 0 Å². The van der Waals surface area contributed by atoms with Crippen LogP contribution < -0.4 is 10.0 Å². The predicted octanol–water partition coefficient (Wildman–Crippen LogP) is 0.375. The lowest BCUT2D eigenvalue weighted by atomic mass is 9.79. The van der Waals surface area contributed by atoms with Gasteiger partial charge in [0.25, 0.3) is 0 Å². The number of amides is 1. The molecule has 0 bridgehead atoms. The first-order valence-corrected chi connectivity index (χ1v) is 7.46. The van der Waals surface area contributed by atoms with E-state index in [9.17, 15) is 13.2 Å². The fourth-order valence-corrected chi connectivity index (χ4v) is 2.78. The maximum atomic E-state index is 11.6. The molecule has 0 saturated heterocycles. The fraction of sp³-hybridized carbons (Fsp3) is 0.900. The predicted molar refractivity (Wildman–Crippen MR) is 62.5 cm³/mol. The van der Waals surface area contributed by atoms with Crippen LogP contribution in [-0.4, -0.2) is 33.2 Å². The van der Waals surface area contributed by atoms with Gasteiger partial charge >= 0.3 is 0 Å². The van der Waals surface area contributed by atoms with Gasteiger partial charge in [0.15, 0.2) is 0 Å². The number of hydrogen-bond acceptors (Lipinski definition) is 4. The lowest BCUT2D eigenvalue weighted by Gasteiger charge is -2.36. The summed E-state index contributed by atoms with van der Waals surface area (Å²) in [6, 6.07) is 0. The number of nitrogens with one attached hydrogen (secondary N) is 2. The number of hydrogen-bond donors (Lipinski definition) is 2. The Balaban J connectivity index is 2.59. The summed E-state index contributed by atoms with van der Waals surface area (Å²) in [5, 5.41) is 3.18. The summed E-state index contributed by atoms with van der Waals surface area (Å²) in [7, 11) is -1.60. The van der Waals surface area contributed by atoms with E-state index in [1.807, 2.05) is 11.8 Å². The lowest BCUT2D eigenvalue weighted by Crippen LogP contribution is -2.48. The van der Waals surface area contributed by atoms with Gasteiger partial charge in [-0.2, -0.15) is 0 Å². The summed E-state index contributed by atoms with van der Waals surface area (Å²) >= 11 is 0. The van der Waals surface area contributed by atoms with E-state index in [1.54, 1.807) is 0 Å². The number of carbonyl (C=O) groups is 1. The molecule has 0 heterocycles. The third-order valence-electron chi connectivity index (χ3n) is 3.14. The molecule has 0 atom stereocenters. The van der Waals surface area contributed by atoms with Gasteiger partial charge in [-0.15, -0.1) is 0 Å². The van der Waals surface area contributed by atoms with E-state index in [4.69, 9.17) is 0 Å². The highest BCUT2D eigenvalue weighted by Gasteiger charge is 2.33. The summed E-state index contributed by atoms with van der Waals surface area (Å²) < 4.78 is 23.9. The SMILES string of the molecule is CNC1(CC(=O)NS(C)(=O)=O)CCCCC1. The molecule has 0 spiro atoms. The Bertz CT molecular complexity index is 345. The summed E-state index contributed by atoms with van der Waals surface area (Å²) in [6.07, 6.45) is 6.47.